The molecule has 0 unspecified atom stereocenters. The summed E-state index contributed by atoms with van der Waals surface area (Å²) in [6.07, 6.45) is 1.59. The van der Waals surface area contributed by atoms with Gasteiger partial charge in [0.15, 0.2) is 0 Å². The molecule has 0 radical (unpaired) electrons. The smallest absolute Gasteiger partial charge is 0.272 e. The quantitative estimate of drug-likeness (QED) is 0.155. The van der Waals surface area contributed by atoms with E-state index in [1.807, 2.05) is 30.3 Å². The van der Waals surface area contributed by atoms with Crippen LogP contribution < -0.4 is 25.4 Å². The standard InChI is InChI=1S/C32H29N3O5S/c1-39-25-12-8-9-22(19-25)20-28(35-31(37)23-10-4-3-5-11-23)32(38)33-24-15-17-26(18-16-24)41-21-30(36)34-27-13-6-7-14-29(27)40-2/h3-20H,21H2,1-2H3,(H,33,38)(H,34,36)(H,35,37)/b28-20-. The first-order chi connectivity index (χ1) is 19.9. The van der Waals surface area contributed by atoms with Gasteiger partial charge in [-0.2, -0.15) is 0 Å². The molecule has 4 aromatic rings. The van der Waals surface area contributed by atoms with Gasteiger partial charge in [-0.25, -0.2) is 0 Å². The maximum absolute atomic E-state index is 13.3. The van der Waals surface area contributed by atoms with Crippen molar-refractivity contribution in [1.29, 1.82) is 0 Å². The summed E-state index contributed by atoms with van der Waals surface area (Å²) < 4.78 is 10.5. The van der Waals surface area contributed by atoms with Crippen molar-refractivity contribution in [3.8, 4) is 11.5 Å². The molecule has 4 rings (SSSR count). The average Bonchev–Trinajstić information content (AvgIpc) is 3.01. The molecule has 0 aliphatic carbocycles. The highest BCUT2D eigenvalue weighted by atomic mass is 32.2. The number of para-hydroxylation sites is 2. The van der Waals surface area contributed by atoms with E-state index in [9.17, 15) is 14.4 Å². The first kappa shape index (κ1) is 29.0. The van der Waals surface area contributed by atoms with Crippen LogP contribution in [0.3, 0.4) is 0 Å². The molecule has 0 bridgehead atoms. The minimum Gasteiger partial charge on any atom is -0.497 e. The number of anilines is 2. The predicted octanol–water partition coefficient (Wildman–Crippen LogP) is 5.84. The normalized spacial score (nSPS) is 10.8. The van der Waals surface area contributed by atoms with Crippen LogP contribution in [0, 0.1) is 0 Å². The molecule has 41 heavy (non-hydrogen) atoms. The maximum Gasteiger partial charge on any atom is 0.272 e. The Morgan fingerprint density at radius 3 is 2.24 bits per heavy atom. The second-order valence-electron chi connectivity index (χ2n) is 8.67. The van der Waals surface area contributed by atoms with Gasteiger partial charge in [0.2, 0.25) is 5.91 Å². The van der Waals surface area contributed by atoms with E-state index in [4.69, 9.17) is 9.47 Å². The summed E-state index contributed by atoms with van der Waals surface area (Å²) in [5, 5.41) is 8.40. The number of amides is 3. The zero-order chi connectivity index (χ0) is 29.0. The van der Waals surface area contributed by atoms with Gasteiger partial charge in [-0.05, 0) is 72.3 Å². The van der Waals surface area contributed by atoms with Crippen LogP contribution in [-0.4, -0.2) is 37.7 Å². The number of benzene rings is 4. The molecule has 9 heteroatoms. The molecule has 0 aromatic heterocycles. The van der Waals surface area contributed by atoms with E-state index < -0.39 is 11.8 Å². The van der Waals surface area contributed by atoms with E-state index in [1.165, 1.54) is 11.8 Å². The SMILES string of the molecule is COc1cccc(/C=C(\NC(=O)c2ccccc2)C(=O)Nc2ccc(SCC(=O)Nc3ccccc3OC)cc2)c1. The van der Waals surface area contributed by atoms with Crippen molar-refractivity contribution in [1.82, 2.24) is 5.32 Å². The molecule has 0 saturated carbocycles. The number of hydrogen-bond donors (Lipinski definition) is 3. The molecule has 208 valence electrons. The lowest BCUT2D eigenvalue weighted by molar-refractivity contribution is -0.114. The summed E-state index contributed by atoms with van der Waals surface area (Å²) in [6.45, 7) is 0. The summed E-state index contributed by atoms with van der Waals surface area (Å²) in [5.74, 6) is 0.339. The molecule has 4 aromatic carbocycles. The highest BCUT2D eigenvalue weighted by molar-refractivity contribution is 8.00. The summed E-state index contributed by atoms with van der Waals surface area (Å²) in [7, 11) is 3.11. The number of carbonyl (C=O) groups excluding carboxylic acids is 3. The monoisotopic (exact) mass is 567 g/mol. The fourth-order valence-corrected chi connectivity index (χ4v) is 4.45. The van der Waals surface area contributed by atoms with Crippen LogP contribution in [0.1, 0.15) is 15.9 Å². The van der Waals surface area contributed by atoms with E-state index in [-0.39, 0.29) is 17.4 Å². The lowest BCUT2D eigenvalue weighted by Crippen LogP contribution is -2.30. The summed E-state index contributed by atoms with van der Waals surface area (Å²) in [4.78, 5) is 39.4. The molecule has 0 fully saturated rings. The first-order valence-corrected chi connectivity index (χ1v) is 13.6. The van der Waals surface area contributed by atoms with Crippen LogP contribution in [0.15, 0.2) is 114 Å². The molecule has 0 aliphatic heterocycles. The van der Waals surface area contributed by atoms with E-state index in [2.05, 4.69) is 16.0 Å². The molecule has 0 atom stereocenters. The van der Waals surface area contributed by atoms with Crippen LogP contribution in [0.2, 0.25) is 0 Å². The largest absolute Gasteiger partial charge is 0.497 e. The fraction of sp³-hybridized carbons (Fsp3) is 0.0938. The minimum atomic E-state index is -0.492. The average molecular weight is 568 g/mol. The van der Waals surface area contributed by atoms with Gasteiger partial charge in [0.1, 0.15) is 17.2 Å². The Morgan fingerprint density at radius 2 is 1.51 bits per heavy atom. The second-order valence-corrected chi connectivity index (χ2v) is 9.72. The lowest BCUT2D eigenvalue weighted by atomic mass is 10.1. The number of carbonyl (C=O) groups is 3. The van der Waals surface area contributed by atoms with Crippen LogP contribution in [0.4, 0.5) is 11.4 Å². The summed E-state index contributed by atoms with van der Waals surface area (Å²) in [5.41, 5.74) is 2.31. The molecular weight excluding hydrogens is 538 g/mol. The summed E-state index contributed by atoms with van der Waals surface area (Å²) >= 11 is 1.36. The molecule has 3 N–H and O–H groups in total. The van der Waals surface area contributed by atoms with Crippen molar-refractivity contribution in [2.75, 3.05) is 30.6 Å². The molecule has 0 heterocycles. The first-order valence-electron chi connectivity index (χ1n) is 12.6. The Balaban J connectivity index is 1.42. The number of thioether (sulfide) groups is 1. The van der Waals surface area contributed by atoms with Crippen molar-refractivity contribution in [2.24, 2.45) is 0 Å². The molecule has 0 spiro atoms. The number of nitrogens with one attached hydrogen (secondary N) is 3. The van der Waals surface area contributed by atoms with Crippen molar-refractivity contribution in [3.63, 3.8) is 0 Å². The van der Waals surface area contributed by atoms with E-state index in [1.54, 1.807) is 93.1 Å². The van der Waals surface area contributed by atoms with Crippen molar-refractivity contribution in [3.05, 3.63) is 120 Å². The predicted molar refractivity (Wildman–Crippen MR) is 162 cm³/mol. The number of hydrogen-bond acceptors (Lipinski definition) is 6. The summed E-state index contributed by atoms with van der Waals surface area (Å²) in [6, 6.07) is 30.1. The molecule has 3 amide bonds. The Kier molecular flexibility index (Phi) is 10.2. The van der Waals surface area contributed by atoms with E-state index in [0.29, 0.717) is 34.0 Å². The Labute approximate surface area is 242 Å². The highest BCUT2D eigenvalue weighted by Gasteiger charge is 2.15. The minimum absolute atomic E-state index is 0.0681. The van der Waals surface area contributed by atoms with Crippen molar-refractivity contribution in [2.45, 2.75) is 4.90 Å². The third kappa shape index (κ3) is 8.48. The van der Waals surface area contributed by atoms with Gasteiger partial charge in [0.05, 0.1) is 25.7 Å². The van der Waals surface area contributed by atoms with Crippen molar-refractivity contribution < 1.29 is 23.9 Å². The van der Waals surface area contributed by atoms with Gasteiger partial charge in [-0.3, -0.25) is 14.4 Å². The second kappa shape index (κ2) is 14.4. The van der Waals surface area contributed by atoms with Gasteiger partial charge in [0, 0.05) is 16.1 Å². The Morgan fingerprint density at radius 1 is 0.780 bits per heavy atom. The van der Waals surface area contributed by atoms with Gasteiger partial charge in [0.25, 0.3) is 11.8 Å². The number of methoxy groups -OCH3 is 2. The third-order valence-electron chi connectivity index (χ3n) is 5.80. The van der Waals surface area contributed by atoms with Gasteiger partial charge in [-0.1, -0.05) is 42.5 Å². The van der Waals surface area contributed by atoms with E-state index >= 15 is 0 Å². The van der Waals surface area contributed by atoms with Crippen LogP contribution in [-0.2, 0) is 9.59 Å². The third-order valence-corrected chi connectivity index (χ3v) is 6.81. The molecular formula is C32H29N3O5S. The topological polar surface area (TPSA) is 106 Å². The van der Waals surface area contributed by atoms with Crippen LogP contribution in [0.5, 0.6) is 11.5 Å². The van der Waals surface area contributed by atoms with Gasteiger partial charge in [-0.15, -0.1) is 11.8 Å². The fourth-order valence-electron chi connectivity index (χ4n) is 3.76. The van der Waals surface area contributed by atoms with E-state index in [0.717, 1.165) is 4.90 Å². The number of ether oxygens (including phenoxy) is 2. The van der Waals surface area contributed by atoms with Gasteiger partial charge >= 0.3 is 0 Å². The lowest BCUT2D eigenvalue weighted by Gasteiger charge is -2.12. The Hall–Kier alpha value is -5.02. The zero-order valence-electron chi connectivity index (χ0n) is 22.5. The highest BCUT2D eigenvalue weighted by Crippen LogP contribution is 2.25. The zero-order valence-corrected chi connectivity index (χ0v) is 23.4. The van der Waals surface area contributed by atoms with Crippen LogP contribution >= 0.6 is 11.8 Å². The molecule has 0 saturated heterocycles. The maximum atomic E-state index is 13.3. The Bertz CT molecular complexity index is 1540. The molecule has 8 nitrogen and oxygen atoms in total. The van der Waals surface area contributed by atoms with Gasteiger partial charge < -0.3 is 25.4 Å². The number of rotatable bonds is 11. The van der Waals surface area contributed by atoms with Crippen LogP contribution in [0.25, 0.3) is 6.08 Å². The molecule has 0 aliphatic rings. The van der Waals surface area contributed by atoms with Crippen molar-refractivity contribution >= 4 is 46.9 Å².